The van der Waals surface area contributed by atoms with Gasteiger partial charge in [-0.3, -0.25) is 14.4 Å². The molecule has 1 saturated carbocycles. The number of hydrogen-bond donors (Lipinski definition) is 2. The summed E-state index contributed by atoms with van der Waals surface area (Å²) in [5.74, 6) is 0.151. The van der Waals surface area contributed by atoms with Gasteiger partial charge in [-0.1, -0.05) is 12.1 Å². The first-order valence-corrected chi connectivity index (χ1v) is 8.72. The predicted molar refractivity (Wildman–Crippen MR) is 88.9 cm³/mol. The molecule has 1 aromatic carbocycles. The quantitative estimate of drug-likeness (QED) is 0.850. The average Bonchev–Trinajstić information content (AvgIpc) is 3.41. The summed E-state index contributed by atoms with van der Waals surface area (Å²) in [6, 6.07) is 7.37. The van der Waals surface area contributed by atoms with Crippen LogP contribution in [-0.4, -0.2) is 47.5 Å². The molecule has 2 fully saturated rings. The van der Waals surface area contributed by atoms with Crippen molar-refractivity contribution >= 4 is 17.7 Å². The average molecular weight is 343 g/mol. The number of hydrogen-bond acceptors (Lipinski definition) is 4. The summed E-state index contributed by atoms with van der Waals surface area (Å²) in [5.41, 5.74) is -0.382. The number of fused-ring (bicyclic) bond motifs is 1. The van der Waals surface area contributed by atoms with Gasteiger partial charge in [0.25, 0.3) is 5.91 Å². The smallest absolute Gasteiger partial charge is 0.258 e. The van der Waals surface area contributed by atoms with Crippen LogP contribution in [0.5, 0.6) is 5.75 Å². The lowest BCUT2D eigenvalue weighted by molar-refractivity contribution is -0.135. The van der Waals surface area contributed by atoms with Gasteiger partial charge in [-0.15, -0.1) is 0 Å². The summed E-state index contributed by atoms with van der Waals surface area (Å²) >= 11 is 0. The molecule has 0 aromatic heterocycles. The minimum atomic E-state index is -0.886. The molecule has 3 aliphatic rings. The number of ether oxygens (including phenoxy) is 1. The van der Waals surface area contributed by atoms with Crippen LogP contribution in [0.4, 0.5) is 0 Å². The van der Waals surface area contributed by atoms with Crippen molar-refractivity contribution in [2.75, 3.05) is 13.1 Å². The van der Waals surface area contributed by atoms with Gasteiger partial charge in [-0.2, -0.15) is 0 Å². The fourth-order valence-electron chi connectivity index (χ4n) is 3.35. The molecule has 1 spiro atoms. The maximum absolute atomic E-state index is 12.4. The Hall–Kier alpha value is -2.57. The molecule has 1 aromatic rings. The Bertz CT molecular complexity index is 731. The second-order valence-corrected chi connectivity index (χ2v) is 6.95. The van der Waals surface area contributed by atoms with E-state index in [0.29, 0.717) is 30.7 Å². The van der Waals surface area contributed by atoms with Crippen molar-refractivity contribution in [1.82, 2.24) is 15.5 Å². The highest BCUT2D eigenvalue weighted by atomic mass is 16.5. The normalized spacial score (nSPS) is 25.7. The van der Waals surface area contributed by atoms with Crippen molar-refractivity contribution in [3.05, 3.63) is 29.8 Å². The minimum absolute atomic E-state index is 0.0654. The molecular weight excluding hydrogens is 322 g/mol. The lowest BCUT2D eigenvalue weighted by Crippen LogP contribution is -2.56. The van der Waals surface area contributed by atoms with E-state index in [0.717, 1.165) is 12.8 Å². The zero-order valence-electron chi connectivity index (χ0n) is 13.9. The van der Waals surface area contributed by atoms with Gasteiger partial charge < -0.3 is 20.3 Å². The number of carbonyl (C=O) groups is 3. The Morgan fingerprint density at radius 2 is 2.08 bits per heavy atom. The van der Waals surface area contributed by atoms with Gasteiger partial charge in [0.2, 0.25) is 11.8 Å². The second kappa shape index (κ2) is 6.06. The summed E-state index contributed by atoms with van der Waals surface area (Å²) in [5, 5.41) is 5.82. The standard InChI is InChI=1S/C18H21N3O4/c22-15(19-12-5-6-12)11-21-10-9-18(8-7-16(21)23)20-17(24)13-3-1-2-4-14(13)25-18/h1-4,12H,5-11H2,(H,19,22)(H,20,24)/t18-/m1/s1. The summed E-state index contributed by atoms with van der Waals surface area (Å²) in [4.78, 5) is 38.3. The Labute approximate surface area is 145 Å². The van der Waals surface area contributed by atoms with E-state index in [2.05, 4.69) is 10.6 Å². The zero-order valence-corrected chi connectivity index (χ0v) is 13.9. The molecule has 2 aliphatic heterocycles. The van der Waals surface area contributed by atoms with Gasteiger partial charge >= 0.3 is 0 Å². The van der Waals surface area contributed by atoms with Crippen LogP contribution in [0.2, 0.25) is 0 Å². The third-order valence-electron chi connectivity index (χ3n) is 4.94. The number of nitrogens with one attached hydrogen (secondary N) is 2. The molecule has 25 heavy (non-hydrogen) atoms. The maximum atomic E-state index is 12.4. The van der Waals surface area contributed by atoms with Crippen LogP contribution in [-0.2, 0) is 9.59 Å². The molecule has 0 radical (unpaired) electrons. The minimum Gasteiger partial charge on any atom is -0.467 e. The van der Waals surface area contributed by atoms with Crippen LogP contribution in [0, 0.1) is 0 Å². The van der Waals surface area contributed by atoms with Gasteiger partial charge in [0.1, 0.15) is 5.75 Å². The third-order valence-corrected chi connectivity index (χ3v) is 4.94. The van der Waals surface area contributed by atoms with Crippen LogP contribution < -0.4 is 15.4 Å². The fourth-order valence-corrected chi connectivity index (χ4v) is 3.35. The number of rotatable bonds is 3. The lowest BCUT2D eigenvalue weighted by Gasteiger charge is -2.38. The third kappa shape index (κ3) is 3.31. The van der Waals surface area contributed by atoms with E-state index in [1.807, 2.05) is 6.07 Å². The van der Waals surface area contributed by atoms with Crippen LogP contribution in [0.25, 0.3) is 0 Å². The molecule has 7 nitrogen and oxygen atoms in total. The zero-order chi connectivity index (χ0) is 17.4. The largest absolute Gasteiger partial charge is 0.467 e. The van der Waals surface area contributed by atoms with E-state index in [1.54, 1.807) is 23.1 Å². The molecule has 2 heterocycles. The van der Waals surface area contributed by atoms with Crippen molar-refractivity contribution in [2.24, 2.45) is 0 Å². The van der Waals surface area contributed by atoms with Gasteiger partial charge in [0.05, 0.1) is 12.1 Å². The molecule has 132 valence electrons. The van der Waals surface area contributed by atoms with Gasteiger partial charge in [-0.25, -0.2) is 0 Å². The van der Waals surface area contributed by atoms with E-state index in [1.165, 1.54) is 0 Å². The summed E-state index contributed by atoms with van der Waals surface area (Å²) in [7, 11) is 0. The van der Waals surface area contributed by atoms with Crippen LogP contribution in [0.3, 0.4) is 0 Å². The number of likely N-dealkylation sites (tertiary alicyclic amines) is 1. The van der Waals surface area contributed by atoms with Gasteiger partial charge in [0, 0.05) is 31.8 Å². The van der Waals surface area contributed by atoms with Crippen LogP contribution >= 0.6 is 0 Å². The van der Waals surface area contributed by atoms with Crippen molar-refractivity contribution in [3.63, 3.8) is 0 Å². The Morgan fingerprint density at radius 3 is 2.88 bits per heavy atom. The van der Waals surface area contributed by atoms with Gasteiger partial charge in [0.15, 0.2) is 5.72 Å². The topological polar surface area (TPSA) is 87.7 Å². The first kappa shape index (κ1) is 15.9. The monoisotopic (exact) mass is 343 g/mol. The van der Waals surface area contributed by atoms with E-state index < -0.39 is 5.72 Å². The molecule has 2 N–H and O–H groups in total. The number of amides is 3. The predicted octanol–water partition coefficient (Wildman–Crippen LogP) is 0.796. The van der Waals surface area contributed by atoms with Crippen molar-refractivity contribution in [2.45, 2.75) is 43.9 Å². The van der Waals surface area contributed by atoms with Crippen molar-refractivity contribution in [1.29, 1.82) is 0 Å². The number of para-hydroxylation sites is 1. The first-order valence-electron chi connectivity index (χ1n) is 8.72. The van der Waals surface area contributed by atoms with Crippen LogP contribution in [0.1, 0.15) is 42.5 Å². The fraction of sp³-hybridized carbons (Fsp3) is 0.500. The summed E-state index contributed by atoms with van der Waals surface area (Å²) in [6.07, 6.45) is 3.12. The maximum Gasteiger partial charge on any atom is 0.258 e. The highest BCUT2D eigenvalue weighted by Gasteiger charge is 2.42. The van der Waals surface area contributed by atoms with Crippen molar-refractivity contribution in [3.8, 4) is 5.75 Å². The molecule has 0 bridgehead atoms. The SMILES string of the molecule is O=C(CN1CC[C@]2(CCC1=O)NC(=O)c1ccccc1O2)NC1CC1. The first-order chi connectivity index (χ1) is 12.0. The van der Waals surface area contributed by atoms with Crippen molar-refractivity contribution < 1.29 is 19.1 Å². The molecular formula is C18H21N3O4. The number of benzene rings is 1. The van der Waals surface area contributed by atoms with E-state index in [-0.39, 0.29) is 36.7 Å². The molecule has 1 aliphatic carbocycles. The number of nitrogens with zero attached hydrogens (tertiary/aromatic N) is 1. The highest BCUT2D eigenvalue weighted by molar-refractivity contribution is 5.98. The molecule has 0 unspecified atom stereocenters. The second-order valence-electron chi connectivity index (χ2n) is 6.95. The summed E-state index contributed by atoms with van der Waals surface area (Å²) < 4.78 is 6.08. The lowest BCUT2D eigenvalue weighted by atomic mass is 10.0. The van der Waals surface area contributed by atoms with Gasteiger partial charge in [-0.05, 0) is 25.0 Å². The summed E-state index contributed by atoms with van der Waals surface area (Å²) in [6.45, 7) is 0.440. The molecule has 1 saturated heterocycles. The Morgan fingerprint density at radius 1 is 1.28 bits per heavy atom. The highest BCUT2D eigenvalue weighted by Crippen LogP contribution is 2.33. The Balaban J connectivity index is 1.46. The van der Waals surface area contributed by atoms with E-state index >= 15 is 0 Å². The molecule has 7 heteroatoms. The van der Waals surface area contributed by atoms with E-state index in [9.17, 15) is 14.4 Å². The Kier molecular flexibility index (Phi) is 3.86. The molecule has 4 rings (SSSR count). The number of carbonyl (C=O) groups excluding carboxylic acids is 3. The molecule has 3 amide bonds. The van der Waals surface area contributed by atoms with E-state index in [4.69, 9.17) is 4.74 Å². The van der Waals surface area contributed by atoms with Crippen LogP contribution in [0.15, 0.2) is 24.3 Å². The molecule has 1 atom stereocenters.